The van der Waals surface area contributed by atoms with Gasteiger partial charge in [0.05, 0.1) is 30.8 Å². The number of carbonyl (C=O) groups is 3. The van der Waals surface area contributed by atoms with E-state index in [4.69, 9.17) is 9.47 Å². The Morgan fingerprint density at radius 2 is 1.84 bits per heavy atom. The maximum absolute atomic E-state index is 15.0. The molecule has 43 heavy (non-hydrogen) atoms. The second-order valence-corrected chi connectivity index (χ2v) is 15.3. The Morgan fingerprint density at radius 1 is 1.16 bits per heavy atom. The van der Waals surface area contributed by atoms with Gasteiger partial charge in [-0.05, 0) is 76.5 Å². The van der Waals surface area contributed by atoms with Gasteiger partial charge < -0.3 is 24.4 Å². The van der Waals surface area contributed by atoms with Crippen molar-refractivity contribution in [2.75, 3.05) is 19.8 Å². The van der Waals surface area contributed by atoms with Crippen LogP contribution in [0.2, 0.25) is 0 Å². The predicted octanol–water partition coefficient (Wildman–Crippen LogP) is 5.68. The second-order valence-electron chi connectivity index (χ2n) is 15.3. The fraction of sp³-hybridized carbons (Fsp3) is 0.800. The Hall–Kier alpha value is -2.19. The molecule has 3 saturated heterocycles. The normalized spacial score (nSPS) is 29.1. The van der Waals surface area contributed by atoms with E-state index < -0.39 is 46.6 Å². The third kappa shape index (κ3) is 6.75. The summed E-state index contributed by atoms with van der Waals surface area (Å²) in [4.78, 5) is 46.9. The van der Waals surface area contributed by atoms with Crippen LogP contribution in [0, 0.1) is 23.2 Å². The first-order valence-corrected chi connectivity index (χ1v) is 16.4. The quantitative estimate of drug-likeness (QED) is 0.139. The van der Waals surface area contributed by atoms with Gasteiger partial charge in [-0.25, -0.2) is 0 Å². The maximum atomic E-state index is 15.0. The van der Waals surface area contributed by atoms with Gasteiger partial charge in [-0.15, -0.1) is 13.2 Å². The highest BCUT2D eigenvalue weighted by molar-refractivity contribution is 5.99. The summed E-state index contributed by atoms with van der Waals surface area (Å²) >= 11 is 0. The van der Waals surface area contributed by atoms with Gasteiger partial charge in [0.2, 0.25) is 11.8 Å². The minimum absolute atomic E-state index is 0.0599. The highest BCUT2D eigenvalue weighted by Crippen LogP contribution is 2.65. The number of amides is 2. The van der Waals surface area contributed by atoms with E-state index >= 15 is 0 Å². The number of hydrogen-bond acceptors (Lipinski definition) is 6. The van der Waals surface area contributed by atoms with Crippen molar-refractivity contribution in [3.63, 3.8) is 0 Å². The van der Waals surface area contributed by atoms with Crippen molar-refractivity contribution in [2.45, 2.75) is 136 Å². The molecule has 3 aliphatic heterocycles. The molecule has 0 saturated carbocycles. The molecule has 3 rings (SSSR count). The number of likely N-dealkylation sites (tertiary alicyclic amines) is 1. The zero-order valence-electron chi connectivity index (χ0n) is 28.1. The Balaban J connectivity index is 2.12. The fourth-order valence-corrected chi connectivity index (χ4v) is 8.47. The molecule has 2 amide bonds. The first kappa shape index (κ1) is 35.3. The van der Waals surface area contributed by atoms with E-state index in [9.17, 15) is 19.5 Å². The molecule has 3 aliphatic rings. The number of nitrogens with zero attached hydrogens (tertiary/aromatic N) is 2. The molecular weight excluding hydrogens is 544 g/mol. The van der Waals surface area contributed by atoms with Gasteiger partial charge in [0, 0.05) is 12.1 Å². The molecule has 8 heteroatoms. The number of unbranched alkanes of at least 4 members (excludes halogenated alkanes) is 2. The molecule has 3 heterocycles. The van der Waals surface area contributed by atoms with Gasteiger partial charge in [0.15, 0.2) is 0 Å². The van der Waals surface area contributed by atoms with Crippen LogP contribution in [-0.2, 0) is 23.9 Å². The summed E-state index contributed by atoms with van der Waals surface area (Å²) in [6.07, 6.45) is 8.85. The van der Waals surface area contributed by atoms with Crippen LogP contribution in [0.25, 0.3) is 0 Å². The third-order valence-corrected chi connectivity index (χ3v) is 9.77. The minimum Gasteiger partial charge on any atom is -0.465 e. The van der Waals surface area contributed by atoms with E-state index in [1.54, 1.807) is 11.0 Å². The van der Waals surface area contributed by atoms with Crippen LogP contribution >= 0.6 is 0 Å². The average Bonchev–Trinajstić information content (AvgIpc) is 3.51. The number of ether oxygens (including phenoxy) is 2. The molecule has 8 nitrogen and oxygen atoms in total. The molecule has 6 atom stereocenters. The first-order valence-electron chi connectivity index (χ1n) is 16.4. The molecule has 3 fully saturated rings. The zero-order chi connectivity index (χ0) is 32.4. The summed E-state index contributed by atoms with van der Waals surface area (Å²) in [5, 5.41) is 10.6. The lowest BCUT2D eigenvalue weighted by atomic mass is 9.65. The largest absolute Gasteiger partial charge is 0.465 e. The smallest absolute Gasteiger partial charge is 0.312 e. The van der Waals surface area contributed by atoms with Gasteiger partial charge in [0.1, 0.15) is 17.6 Å². The highest BCUT2D eigenvalue weighted by atomic mass is 16.6. The van der Waals surface area contributed by atoms with Crippen molar-refractivity contribution in [3.05, 3.63) is 25.3 Å². The van der Waals surface area contributed by atoms with Crippen LogP contribution in [0.4, 0.5) is 0 Å². The van der Waals surface area contributed by atoms with Crippen LogP contribution in [-0.4, -0.2) is 81.3 Å². The first-order chi connectivity index (χ1) is 20.1. The minimum atomic E-state index is -1.17. The number of fused-ring (bicyclic) bond motifs is 1. The van der Waals surface area contributed by atoms with Gasteiger partial charge in [-0.1, -0.05) is 53.7 Å². The number of carbonyl (C=O) groups excluding carboxylic acids is 3. The number of aliphatic hydroxyl groups excluding tert-OH is 1. The number of rotatable bonds is 16. The van der Waals surface area contributed by atoms with Crippen molar-refractivity contribution in [3.8, 4) is 0 Å². The van der Waals surface area contributed by atoms with E-state index in [1.165, 1.54) is 0 Å². The second kappa shape index (κ2) is 13.4. The topological polar surface area (TPSA) is 96.4 Å². The lowest BCUT2D eigenvalue weighted by molar-refractivity contribution is -0.165. The van der Waals surface area contributed by atoms with Gasteiger partial charge in [-0.2, -0.15) is 0 Å². The lowest BCUT2D eigenvalue weighted by Gasteiger charge is -2.46. The molecule has 1 spiro atoms. The van der Waals surface area contributed by atoms with Crippen LogP contribution in [0.1, 0.15) is 107 Å². The van der Waals surface area contributed by atoms with Crippen LogP contribution in [0.3, 0.4) is 0 Å². The van der Waals surface area contributed by atoms with Gasteiger partial charge in [0.25, 0.3) is 0 Å². The van der Waals surface area contributed by atoms with Crippen LogP contribution < -0.4 is 0 Å². The van der Waals surface area contributed by atoms with Crippen molar-refractivity contribution < 1.29 is 29.0 Å². The lowest BCUT2D eigenvalue weighted by Crippen LogP contribution is -2.62. The van der Waals surface area contributed by atoms with Gasteiger partial charge >= 0.3 is 5.97 Å². The molecular formula is C35H58N2O6. The average molecular weight is 603 g/mol. The zero-order valence-corrected chi connectivity index (χ0v) is 28.1. The highest BCUT2D eigenvalue weighted by Gasteiger charge is 2.79. The molecule has 2 bridgehead atoms. The van der Waals surface area contributed by atoms with Gasteiger partial charge in [-0.3, -0.25) is 14.4 Å². The number of hydrogen-bond donors (Lipinski definition) is 1. The molecule has 0 aromatic heterocycles. The van der Waals surface area contributed by atoms with Crippen LogP contribution in [0.15, 0.2) is 25.3 Å². The monoisotopic (exact) mass is 602 g/mol. The van der Waals surface area contributed by atoms with E-state index in [0.717, 1.165) is 19.3 Å². The number of allylic oxidation sites excluding steroid dienone is 1. The third-order valence-electron chi connectivity index (χ3n) is 9.77. The van der Waals surface area contributed by atoms with E-state index in [2.05, 4.69) is 47.8 Å². The predicted molar refractivity (Wildman–Crippen MR) is 169 cm³/mol. The molecule has 1 N–H and O–H groups in total. The molecule has 0 aromatic rings. The summed E-state index contributed by atoms with van der Waals surface area (Å²) in [5.74, 6) is -2.38. The van der Waals surface area contributed by atoms with Crippen molar-refractivity contribution in [2.24, 2.45) is 23.2 Å². The summed E-state index contributed by atoms with van der Waals surface area (Å²) in [7, 11) is 0. The summed E-state index contributed by atoms with van der Waals surface area (Å²) < 4.78 is 12.7. The van der Waals surface area contributed by atoms with E-state index in [1.807, 2.05) is 31.7 Å². The number of aliphatic hydroxyl groups is 1. The van der Waals surface area contributed by atoms with Crippen LogP contribution in [0.5, 0.6) is 0 Å². The number of esters is 1. The standard InChI is InChI=1S/C35H58N2O6/c1-11-14-15-16-20-42-31(41)27-26-29(39)37(25(22-38)21-24(4)5)28(35(26)18-17-34(27,13-3)43-35)30(40)36(19-12-2)33(9,10)23-32(6,7)8/h11-12,24-28,38H,1-2,13-23H2,3-10H3/t25-,26+,27-,28?,34+,35?/m1/s1. The SMILES string of the molecule is C=CCCCCOC(=O)[C@H]1[C@H]2C(=O)N([C@@H](CO)CC(C)C)C(C(=O)N(CC=C)C(C)(C)CC(C)(C)C)C23CC[C@]1(CC)O3. The fourth-order valence-electron chi connectivity index (χ4n) is 8.47. The van der Waals surface area contributed by atoms with E-state index in [0.29, 0.717) is 38.6 Å². The Morgan fingerprint density at radius 3 is 2.37 bits per heavy atom. The van der Waals surface area contributed by atoms with Crippen molar-refractivity contribution in [1.29, 1.82) is 0 Å². The molecule has 0 aromatic carbocycles. The Labute approximate surface area is 260 Å². The Kier molecular flexibility index (Phi) is 11.0. The molecule has 2 unspecified atom stereocenters. The summed E-state index contributed by atoms with van der Waals surface area (Å²) in [6.45, 7) is 24.6. The van der Waals surface area contributed by atoms with E-state index in [-0.39, 0.29) is 36.4 Å². The maximum Gasteiger partial charge on any atom is 0.312 e. The molecule has 244 valence electrons. The van der Waals surface area contributed by atoms with Crippen molar-refractivity contribution >= 4 is 17.8 Å². The molecule has 0 radical (unpaired) electrons. The van der Waals surface area contributed by atoms with Crippen molar-refractivity contribution in [1.82, 2.24) is 9.80 Å². The summed E-state index contributed by atoms with van der Waals surface area (Å²) in [5.41, 5.74) is -2.64. The Bertz CT molecular complexity index is 1050. The molecule has 0 aliphatic carbocycles. The summed E-state index contributed by atoms with van der Waals surface area (Å²) in [6, 6.07) is -1.53.